The molecule has 0 aliphatic carbocycles. The largest absolute Gasteiger partial charge is 0.335 e. The summed E-state index contributed by atoms with van der Waals surface area (Å²) in [5.74, 6) is 0.177. The molecular formula is C18H25NO3S. The van der Waals surface area contributed by atoms with Gasteiger partial charge in [-0.15, -0.1) is 0 Å². The van der Waals surface area contributed by atoms with E-state index in [0.29, 0.717) is 13.0 Å². The highest BCUT2D eigenvalue weighted by molar-refractivity contribution is 7.91. The second kappa shape index (κ2) is 7.30. The van der Waals surface area contributed by atoms with Crippen molar-refractivity contribution in [2.75, 3.05) is 18.1 Å². The summed E-state index contributed by atoms with van der Waals surface area (Å²) < 4.78 is 23.3. The molecule has 4 nitrogen and oxygen atoms in total. The first-order valence-corrected chi connectivity index (χ1v) is 9.91. The van der Waals surface area contributed by atoms with Gasteiger partial charge in [0.15, 0.2) is 9.84 Å². The molecule has 126 valence electrons. The second-order valence-corrected chi connectivity index (χ2v) is 8.51. The third-order valence-corrected chi connectivity index (χ3v) is 5.98. The lowest BCUT2D eigenvalue weighted by molar-refractivity contribution is -0.127. The maximum Gasteiger partial charge on any atom is 0.246 e. The molecule has 2 rings (SSSR count). The lowest BCUT2D eigenvalue weighted by Crippen LogP contribution is -2.40. The van der Waals surface area contributed by atoms with Crippen LogP contribution in [0.2, 0.25) is 0 Å². The third kappa shape index (κ3) is 4.67. The standard InChI is InChI=1S/C18H25NO3S/c1-4-10-19(17-9-11-23(21,22)13-17)18(20)8-7-16-6-5-14(2)12-15(16)3/h5-8,12,17H,4,9-11,13H2,1-3H3. The van der Waals surface area contributed by atoms with E-state index < -0.39 is 9.84 Å². The van der Waals surface area contributed by atoms with Crippen molar-refractivity contribution >= 4 is 21.8 Å². The quantitative estimate of drug-likeness (QED) is 0.778. The van der Waals surface area contributed by atoms with E-state index in [1.165, 1.54) is 5.56 Å². The fraction of sp³-hybridized carbons (Fsp3) is 0.500. The first-order chi connectivity index (χ1) is 10.8. The zero-order chi connectivity index (χ0) is 17.0. The van der Waals surface area contributed by atoms with Crippen LogP contribution < -0.4 is 0 Å². The predicted molar refractivity (Wildman–Crippen MR) is 94.0 cm³/mol. The normalized spacial score (nSPS) is 20.0. The molecule has 0 radical (unpaired) electrons. The van der Waals surface area contributed by atoms with Crippen molar-refractivity contribution < 1.29 is 13.2 Å². The maximum absolute atomic E-state index is 12.5. The van der Waals surface area contributed by atoms with Crippen LogP contribution in [0.1, 0.15) is 36.5 Å². The van der Waals surface area contributed by atoms with Gasteiger partial charge in [-0.3, -0.25) is 4.79 Å². The molecule has 0 saturated carbocycles. The number of aryl methyl sites for hydroxylation is 2. The Kier molecular flexibility index (Phi) is 5.63. The van der Waals surface area contributed by atoms with Crippen LogP contribution in [-0.4, -0.2) is 43.3 Å². The van der Waals surface area contributed by atoms with Crippen molar-refractivity contribution in [2.24, 2.45) is 0 Å². The minimum atomic E-state index is -2.99. The van der Waals surface area contributed by atoms with Gasteiger partial charge in [-0.2, -0.15) is 0 Å². The van der Waals surface area contributed by atoms with E-state index in [4.69, 9.17) is 0 Å². The van der Waals surface area contributed by atoms with Crippen LogP contribution >= 0.6 is 0 Å². The van der Waals surface area contributed by atoms with Crippen LogP contribution in [0.5, 0.6) is 0 Å². The van der Waals surface area contributed by atoms with Crippen molar-refractivity contribution in [3.8, 4) is 0 Å². The molecule has 0 spiro atoms. The van der Waals surface area contributed by atoms with Crippen molar-refractivity contribution in [3.05, 3.63) is 41.0 Å². The number of carbonyl (C=O) groups excluding carboxylic acids is 1. The Balaban J connectivity index is 2.13. The van der Waals surface area contributed by atoms with Crippen LogP contribution in [0.4, 0.5) is 0 Å². The minimum absolute atomic E-state index is 0.0934. The Morgan fingerprint density at radius 3 is 2.65 bits per heavy atom. The van der Waals surface area contributed by atoms with Gasteiger partial charge in [0.25, 0.3) is 0 Å². The third-order valence-electron chi connectivity index (χ3n) is 4.23. The lowest BCUT2D eigenvalue weighted by Gasteiger charge is -2.26. The first kappa shape index (κ1) is 17.7. The lowest BCUT2D eigenvalue weighted by atomic mass is 10.1. The van der Waals surface area contributed by atoms with E-state index >= 15 is 0 Å². The van der Waals surface area contributed by atoms with Gasteiger partial charge in [0.2, 0.25) is 5.91 Å². The molecule has 1 aromatic carbocycles. The smallest absolute Gasteiger partial charge is 0.246 e. The predicted octanol–water partition coefficient (Wildman–Crippen LogP) is 2.74. The van der Waals surface area contributed by atoms with Gasteiger partial charge in [0.05, 0.1) is 11.5 Å². The molecule has 1 unspecified atom stereocenters. The summed E-state index contributed by atoms with van der Waals surface area (Å²) in [7, 11) is -2.99. The molecule has 0 aromatic heterocycles. The Bertz CT molecular complexity index is 707. The highest BCUT2D eigenvalue weighted by atomic mass is 32.2. The number of hydrogen-bond donors (Lipinski definition) is 0. The topological polar surface area (TPSA) is 54.5 Å². The number of rotatable bonds is 5. The van der Waals surface area contributed by atoms with Gasteiger partial charge >= 0.3 is 0 Å². The first-order valence-electron chi connectivity index (χ1n) is 8.09. The zero-order valence-corrected chi connectivity index (χ0v) is 14.9. The van der Waals surface area contributed by atoms with E-state index in [2.05, 4.69) is 6.07 Å². The summed E-state index contributed by atoms with van der Waals surface area (Å²) in [6, 6.07) is 5.91. The summed E-state index contributed by atoms with van der Waals surface area (Å²) in [6.45, 7) is 6.65. The van der Waals surface area contributed by atoms with Gasteiger partial charge in [0.1, 0.15) is 0 Å². The second-order valence-electron chi connectivity index (χ2n) is 6.28. The molecule has 5 heteroatoms. The number of sulfone groups is 1. The molecule has 1 aliphatic rings. The Morgan fingerprint density at radius 2 is 2.09 bits per heavy atom. The Labute approximate surface area is 139 Å². The summed E-state index contributed by atoms with van der Waals surface area (Å²) in [6.07, 6.45) is 4.76. The zero-order valence-electron chi connectivity index (χ0n) is 14.1. The van der Waals surface area contributed by atoms with E-state index in [9.17, 15) is 13.2 Å². The van der Waals surface area contributed by atoms with E-state index in [1.54, 1.807) is 11.0 Å². The van der Waals surface area contributed by atoms with Gasteiger partial charge in [-0.05, 0) is 43.9 Å². The SMILES string of the molecule is CCCN(C(=O)C=Cc1ccc(C)cc1C)C1CCS(=O)(=O)C1. The van der Waals surface area contributed by atoms with Crippen molar-refractivity contribution in [2.45, 2.75) is 39.7 Å². The summed E-state index contributed by atoms with van der Waals surface area (Å²) in [5, 5.41) is 0. The van der Waals surface area contributed by atoms with Crippen LogP contribution in [0, 0.1) is 13.8 Å². The molecule has 1 saturated heterocycles. The average Bonchev–Trinajstić information content (AvgIpc) is 2.83. The van der Waals surface area contributed by atoms with Gasteiger partial charge < -0.3 is 4.90 Å². The monoisotopic (exact) mass is 335 g/mol. The number of carbonyl (C=O) groups is 1. The van der Waals surface area contributed by atoms with Gasteiger partial charge in [0, 0.05) is 18.7 Å². The number of benzene rings is 1. The molecule has 0 N–H and O–H groups in total. The van der Waals surface area contributed by atoms with E-state index in [-0.39, 0.29) is 23.5 Å². The van der Waals surface area contributed by atoms with Crippen LogP contribution in [0.3, 0.4) is 0 Å². The fourth-order valence-electron chi connectivity index (χ4n) is 3.00. The van der Waals surface area contributed by atoms with Crippen molar-refractivity contribution in [1.82, 2.24) is 4.90 Å². The molecule has 23 heavy (non-hydrogen) atoms. The Morgan fingerprint density at radius 1 is 1.35 bits per heavy atom. The highest BCUT2D eigenvalue weighted by Gasteiger charge is 2.33. The molecule has 1 aromatic rings. The van der Waals surface area contributed by atoms with Crippen molar-refractivity contribution in [1.29, 1.82) is 0 Å². The molecule has 1 atom stereocenters. The van der Waals surface area contributed by atoms with E-state index in [0.717, 1.165) is 17.5 Å². The number of amides is 1. The van der Waals surface area contributed by atoms with Crippen molar-refractivity contribution in [3.63, 3.8) is 0 Å². The number of nitrogens with zero attached hydrogens (tertiary/aromatic N) is 1. The Hall–Kier alpha value is -1.62. The van der Waals surface area contributed by atoms with Gasteiger partial charge in [-0.25, -0.2) is 8.42 Å². The highest BCUT2D eigenvalue weighted by Crippen LogP contribution is 2.19. The van der Waals surface area contributed by atoms with Crippen LogP contribution in [-0.2, 0) is 14.6 Å². The minimum Gasteiger partial charge on any atom is -0.335 e. The fourth-order valence-corrected chi connectivity index (χ4v) is 4.73. The average molecular weight is 335 g/mol. The molecule has 0 bridgehead atoms. The van der Waals surface area contributed by atoms with E-state index in [1.807, 2.05) is 39.0 Å². The molecule has 1 aliphatic heterocycles. The molecule has 1 amide bonds. The number of hydrogen-bond acceptors (Lipinski definition) is 3. The molecule has 1 fully saturated rings. The maximum atomic E-state index is 12.5. The van der Waals surface area contributed by atoms with Gasteiger partial charge in [-0.1, -0.05) is 30.7 Å². The molecular weight excluding hydrogens is 310 g/mol. The summed E-state index contributed by atoms with van der Waals surface area (Å²) in [5.41, 5.74) is 3.33. The van der Waals surface area contributed by atoms with Crippen LogP contribution in [0.25, 0.3) is 6.08 Å². The summed E-state index contributed by atoms with van der Waals surface area (Å²) >= 11 is 0. The summed E-state index contributed by atoms with van der Waals surface area (Å²) in [4.78, 5) is 14.2. The molecule has 1 heterocycles. The van der Waals surface area contributed by atoms with Crippen LogP contribution in [0.15, 0.2) is 24.3 Å².